The Morgan fingerprint density at radius 2 is 1.91 bits per heavy atom. The minimum absolute atomic E-state index is 0.245. The van der Waals surface area contributed by atoms with Gasteiger partial charge >= 0.3 is 10.4 Å². The van der Waals surface area contributed by atoms with Crippen molar-refractivity contribution in [2.24, 2.45) is 11.7 Å². The normalized spacial score (nSPS) is 20.7. The highest BCUT2D eigenvalue weighted by Gasteiger charge is 2.39. The van der Waals surface area contributed by atoms with E-state index in [0.29, 0.717) is 5.12 Å². The Morgan fingerprint density at radius 1 is 1.45 bits per heavy atom. The van der Waals surface area contributed by atoms with E-state index in [1.54, 1.807) is 0 Å². The monoisotopic (exact) mass is 183 g/mol. The number of nitrogens with zero attached hydrogens (tertiary/aromatic N) is 2. The summed E-state index contributed by atoms with van der Waals surface area (Å²) in [4.78, 5) is 0. The number of guanidine groups is 1. The predicted octanol–water partition coefficient (Wildman–Crippen LogP) is -2.61. The third-order valence-electron chi connectivity index (χ3n) is 0.735. The fourth-order valence-corrected chi connectivity index (χ4v) is 0.820. The molecule has 0 radical (unpaired) electrons. The average Bonchev–Trinajstić information content (AvgIpc) is 1.80. The Hall–Kier alpha value is -0.940. The van der Waals surface area contributed by atoms with E-state index in [1.165, 1.54) is 0 Å². The molecule has 0 bridgehead atoms. The van der Waals surface area contributed by atoms with Gasteiger partial charge in [-0.05, 0) is 5.23 Å². The van der Waals surface area contributed by atoms with E-state index in [1.807, 2.05) is 0 Å². The Kier molecular flexibility index (Phi) is 1.69. The van der Waals surface area contributed by atoms with Gasteiger partial charge in [-0.25, -0.2) is 16.8 Å². The number of hydrazine groups is 2. The highest BCUT2D eigenvalue weighted by Crippen LogP contribution is 2.15. The summed E-state index contributed by atoms with van der Waals surface area (Å²) >= 11 is 0. The van der Waals surface area contributed by atoms with Crippen molar-refractivity contribution in [2.75, 3.05) is 0 Å². The van der Waals surface area contributed by atoms with E-state index in [9.17, 15) is 8.42 Å². The number of hydrogen-bond acceptors (Lipinski definition) is 7. The molecule has 0 atom stereocenters. The van der Waals surface area contributed by atoms with Crippen LogP contribution in [-0.4, -0.2) is 24.7 Å². The zero-order chi connectivity index (χ0) is 8.65. The first-order valence-electron chi connectivity index (χ1n) is 2.25. The summed E-state index contributed by atoms with van der Waals surface area (Å²) in [7, 11) is -3.96. The highest BCUT2D eigenvalue weighted by atomic mass is 32.3. The molecule has 1 aliphatic rings. The topological polar surface area (TPSA) is 135 Å². The van der Waals surface area contributed by atoms with Crippen LogP contribution in [0, 0.1) is 5.41 Å². The molecule has 1 rings (SSSR count). The molecule has 9 nitrogen and oxygen atoms in total. The summed E-state index contributed by atoms with van der Waals surface area (Å²) in [6.07, 6.45) is 0. The van der Waals surface area contributed by atoms with Crippen LogP contribution in [0.2, 0.25) is 0 Å². The summed E-state index contributed by atoms with van der Waals surface area (Å²) in [6, 6.07) is 0. The van der Waals surface area contributed by atoms with Gasteiger partial charge in [-0.1, -0.05) is 8.57 Å². The van der Waals surface area contributed by atoms with Crippen LogP contribution in [0.4, 0.5) is 0 Å². The van der Waals surface area contributed by atoms with E-state index in [2.05, 4.69) is 8.57 Å². The van der Waals surface area contributed by atoms with Gasteiger partial charge in [0.05, 0.1) is 0 Å². The fraction of sp³-hybridized carbons (Fsp3) is 0. The molecule has 5 N–H and O–H groups in total. The van der Waals surface area contributed by atoms with Crippen molar-refractivity contribution in [3.8, 4) is 0 Å². The Morgan fingerprint density at radius 3 is 2.18 bits per heavy atom. The van der Waals surface area contributed by atoms with E-state index in [-0.39, 0.29) is 5.23 Å². The van der Waals surface area contributed by atoms with Gasteiger partial charge in [0, 0.05) is 0 Å². The van der Waals surface area contributed by atoms with Gasteiger partial charge in [0.2, 0.25) is 0 Å². The SMILES string of the molecule is N=C(N(N)N)N1OS(=O)(=O)O1. The van der Waals surface area contributed by atoms with Crippen LogP contribution in [0.5, 0.6) is 0 Å². The molecule has 1 aliphatic heterocycles. The molecule has 1 saturated heterocycles. The van der Waals surface area contributed by atoms with Crippen molar-refractivity contribution in [1.82, 2.24) is 10.3 Å². The largest absolute Gasteiger partial charge is 0.446 e. The zero-order valence-corrected chi connectivity index (χ0v) is 5.91. The lowest BCUT2D eigenvalue weighted by Gasteiger charge is -2.28. The van der Waals surface area contributed by atoms with Crippen LogP contribution in [0.1, 0.15) is 0 Å². The third-order valence-corrected chi connectivity index (χ3v) is 1.37. The molecule has 11 heavy (non-hydrogen) atoms. The second-order valence-corrected chi connectivity index (χ2v) is 2.66. The summed E-state index contributed by atoms with van der Waals surface area (Å²) < 4.78 is 28.1. The number of nitrogens with two attached hydrogens (primary N) is 2. The summed E-state index contributed by atoms with van der Waals surface area (Å²) in [6.45, 7) is 0. The van der Waals surface area contributed by atoms with Crippen LogP contribution in [0.3, 0.4) is 0 Å². The molecule has 0 aromatic heterocycles. The molecule has 0 aromatic carbocycles. The van der Waals surface area contributed by atoms with Gasteiger partial charge in [-0.2, -0.15) is 8.42 Å². The molecule has 0 unspecified atom stereocenters. The maximum atomic E-state index is 10.1. The van der Waals surface area contributed by atoms with Crippen molar-refractivity contribution in [3.05, 3.63) is 0 Å². The van der Waals surface area contributed by atoms with Gasteiger partial charge in [-0.3, -0.25) is 5.41 Å². The second kappa shape index (κ2) is 2.28. The molecule has 64 valence electrons. The van der Waals surface area contributed by atoms with Crippen molar-refractivity contribution in [1.29, 1.82) is 5.41 Å². The van der Waals surface area contributed by atoms with Gasteiger partial charge in [0.25, 0.3) is 5.96 Å². The molecule has 1 fully saturated rings. The Bertz CT molecular complexity index is 256. The first-order valence-corrected chi connectivity index (χ1v) is 3.58. The molecular weight excluding hydrogens is 178 g/mol. The standard InChI is InChI=1S/CH5N5O4S/c2-1(5(3)4)6-9-11(7,8)10-6/h2H,3-4H2. The van der Waals surface area contributed by atoms with Gasteiger partial charge in [0.1, 0.15) is 0 Å². The number of hydroxylamine groups is 2. The predicted molar refractivity (Wildman–Crippen MR) is 30.9 cm³/mol. The Balaban J connectivity index is 2.51. The zero-order valence-electron chi connectivity index (χ0n) is 5.09. The van der Waals surface area contributed by atoms with Crippen LogP contribution in [0.25, 0.3) is 0 Å². The molecular formula is CH5N5O4S. The van der Waals surface area contributed by atoms with Crippen molar-refractivity contribution >= 4 is 16.4 Å². The van der Waals surface area contributed by atoms with E-state index >= 15 is 0 Å². The first kappa shape index (κ1) is 8.16. The summed E-state index contributed by atoms with van der Waals surface area (Å²) in [5.74, 6) is 9.01. The lowest BCUT2D eigenvalue weighted by Crippen LogP contribution is -2.56. The number of nitrogens with one attached hydrogen (secondary N) is 1. The quantitative estimate of drug-likeness (QED) is 0.161. The first-order chi connectivity index (χ1) is 4.92. The molecule has 0 amide bonds. The molecule has 0 aromatic rings. The van der Waals surface area contributed by atoms with Crippen molar-refractivity contribution < 1.29 is 17.0 Å². The smallest absolute Gasteiger partial charge is 0.263 e. The molecule has 10 heteroatoms. The van der Waals surface area contributed by atoms with Crippen LogP contribution >= 0.6 is 0 Å². The maximum absolute atomic E-state index is 10.1. The van der Waals surface area contributed by atoms with Crippen molar-refractivity contribution in [2.45, 2.75) is 0 Å². The maximum Gasteiger partial charge on any atom is 0.446 e. The fourth-order valence-electron chi connectivity index (χ4n) is 0.336. The third kappa shape index (κ3) is 1.55. The average molecular weight is 183 g/mol. The van der Waals surface area contributed by atoms with E-state index in [4.69, 9.17) is 17.1 Å². The van der Waals surface area contributed by atoms with Gasteiger partial charge < -0.3 is 0 Å². The van der Waals surface area contributed by atoms with Crippen LogP contribution in [0.15, 0.2) is 0 Å². The van der Waals surface area contributed by atoms with E-state index in [0.717, 1.165) is 0 Å². The van der Waals surface area contributed by atoms with Crippen LogP contribution < -0.4 is 11.7 Å². The summed E-state index contributed by atoms with van der Waals surface area (Å²) in [5.41, 5.74) is 0. The number of rotatable bonds is 0. The highest BCUT2D eigenvalue weighted by molar-refractivity contribution is 7.82. The Labute approximate surface area is 61.7 Å². The van der Waals surface area contributed by atoms with E-state index < -0.39 is 16.4 Å². The van der Waals surface area contributed by atoms with Crippen LogP contribution in [-0.2, 0) is 19.0 Å². The molecule has 0 saturated carbocycles. The van der Waals surface area contributed by atoms with Gasteiger partial charge in [0.15, 0.2) is 0 Å². The van der Waals surface area contributed by atoms with Gasteiger partial charge in [-0.15, -0.1) is 0 Å². The molecule has 0 spiro atoms. The molecule has 1 heterocycles. The lowest BCUT2D eigenvalue weighted by atomic mass is 11.0. The summed E-state index contributed by atoms with van der Waals surface area (Å²) in [5, 5.41) is 7.44. The minimum atomic E-state index is -3.96. The molecule has 0 aliphatic carbocycles. The second-order valence-electron chi connectivity index (χ2n) is 1.55. The van der Waals surface area contributed by atoms with Crippen molar-refractivity contribution in [3.63, 3.8) is 0 Å². The lowest BCUT2D eigenvalue weighted by molar-refractivity contribution is -0.275. The minimum Gasteiger partial charge on any atom is -0.263 e. The number of hydrogen-bond donors (Lipinski definition) is 3.